The molecule has 0 aliphatic carbocycles. The Labute approximate surface area is 124 Å². The maximum Gasteiger partial charge on any atom is 0.0128 e. The van der Waals surface area contributed by atoms with Crippen molar-refractivity contribution in [3.63, 3.8) is 0 Å². The number of fused-ring (bicyclic) bond motifs is 3. The van der Waals surface area contributed by atoms with E-state index in [0.717, 1.165) is 36.8 Å². The van der Waals surface area contributed by atoms with Crippen LogP contribution in [0.4, 0.5) is 0 Å². The molecule has 0 saturated carbocycles. The van der Waals surface area contributed by atoms with Crippen LogP contribution in [-0.2, 0) is 0 Å². The van der Waals surface area contributed by atoms with Crippen molar-refractivity contribution in [2.45, 2.75) is 88.5 Å². The topological polar surface area (TPSA) is 18.5 Å². The second-order valence-corrected chi connectivity index (χ2v) is 7.57. The highest BCUT2D eigenvalue weighted by Crippen LogP contribution is 2.41. The molecule has 0 amide bonds. The Morgan fingerprint density at radius 1 is 0.850 bits per heavy atom. The van der Waals surface area contributed by atoms with E-state index in [4.69, 9.17) is 0 Å². The van der Waals surface area contributed by atoms with Crippen molar-refractivity contribution in [3.8, 4) is 0 Å². The lowest BCUT2D eigenvalue weighted by atomic mass is 9.90. The molecule has 4 rings (SSSR count). The number of piperidine rings is 2. The van der Waals surface area contributed by atoms with Crippen LogP contribution in [0.2, 0.25) is 0 Å². The Hall–Kier alpha value is -0.120. The summed E-state index contributed by atoms with van der Waals surface area (Å²) in [5.74, 6) is 0. The van der Waals surface area contributed by atoms with Gasteiger partial charge in [0.15, 0.2) is 0 Å². The molecule has 3 nitrogen and oxygen atoms in total. The predicted octanol–water partition coefficient (Wildman–Crippen LogP) is 2.22. The van der Waals surface area contributed by atoms with E-state index in [9.17, 15) is 0 Å². The maximum atomic E-state index is 3.71. The van der Waals surface area contributed by atoms with Crippen molar-refractivity contribution >= 4 is 0 Å². The minimum absolute atomic E-state index is 0.806. The second-order valence-electron chi connectivity index (χ2n) is 7.57. The molecule has 4 unspecified atom stereocenters. The van der Waals surface area contributed by atoms with Crippen LogP contribution in [0.15, 0.2) is 0 Å². The summed E-state index contributed by atoms with van der Waals surface area (Å²) >= 11 is 0. The zero-order chi connectivity index (χ0) is 13.5. The third kappa shape index (κ3) is 2.32. The Kier molecular flexibility index (Phi) is 3.78. The highest BCUT2D eigenvalue weighted by molar-refractivity contribution is 5.02. The van der Waals surface area contributed by atoms with Gasteiger partial charge in [-0.2, -0.15) is 0 Å². The molecule has 4 saturated heterocycles. The summed E-state index contributed by atoms with van der Waals surface area (Å²) in [5.41, 5.74) is 0. The Bertz CT molecular complexity index is 331. The first-order valence-electron chi connectivity index (χ1n) is 9.10. The van der Waals surface area contributed by atoms with Gasteiger partial charge in [0.2, 0.25) is 0 Å². The van der Waals surface area contributed by atoms with E-state index in [1.54, 1.807) is 0 Å². The normalized spacial score (nSPS) is 45.8. The molecule has 0 aromatic rings. The van der Waals surface area contributed by atoms with Gasteiger partial charge in [-0.1, -0.05) is 6.92 Å². The zero-order valence-electron chi connectivity index (χ0n) is 13.1. The minimum Gasteiger partial charge on any atom is -0.314 e. The number of rotatable bonds is 3. The first-order chi connectivity index (χ1) is 9.85. The average molecular weight is 277 g/mol. The highest BCUT2D eigenvalue weighted by atomic mass is 15.3. The molecule has 4 atom stereocenters. The zero-order valence-corrected chi connectivity index (χ0v) is 13.1. The van der Waals surface area contributed by atoms with Gasteiger partial charge in [-0.15, -0.1) is 0 Å². The molecule has 0 spiro atoms. The van der Waals surface area contributed by atoms with Crippen LogP contribution in [0.1, 0.15) is 58.3 Å². The van der Waals surface area contributed by atoms with Gasteiger partial charge in [0.25, 0.3) is 0 Å². The molecule has 114 valence electrons. The van der Waals surface area contributed by atoms with Crippen molar-refractivity contribution in [2.75, 3.05) is 19.6 Å². The van der Waals surface area contributed by atoms with Gasteiger partial charge in [0, 0.05) is 30.2 Å². The molecule has 0 radical (unpaired) electrons. The fraction of sp³-hybridized carbons (Fsp3) is 1.00. The molecule has 4 heterocycles. The standard InChI is InChI=1S/C17H31N3/c1-2-18-13-10-15-5-6-16(11-13)20(15)17-7-9-19-8-3-4-14(19)12-17/h13-18H,2-12H2,1H3. The van der Waals surface area contributed by atoms with Gasteiger partial charge in [0.05, 0.1) is 0 Å². The third-order valence-corrected chi connectivity index (χ3v) is 6.50. The number of nitrogens with one attached hydrogen (secondary N) is 1. The summed E-state index contributed by atoms with van der Waals surface area (Å²) in [6.07, 6.45) is 11.6. The number of nitrogens with zero attached hydrogens (tertiary/aromatic N) is 2. The van der Waals surface area contributed by atoms with Gasteiger partial charge in [0.1, 0.15) is 0 Å². The van der Waals surface area contributed by atoms with Crippen molar-refractivity contribution < 1.29 is 0 Å². The van der Waals surface area contributed by atoms with E-state index < -0.39 is 0 Å². The summed E-state index contributed by atoms with van der Waals surface area (Å²) in [4.78, 5) is 5.76. The summed E-state index contributed by atoms with van der Waals surface area (Å²) < 4.78 is 0. The fourth-order valence-corrected chi connectivity index (χ4v) is 5.74. The lowest BCUT2D eigenvalue weighted by Gasteiger charge is -2.47. The molecule has 0 aromatic carbocycles. The van der Waals surface area contributed by atoms with Gasteiger partial charge < -0.3 is 10.2 Å². The van der Waals surface area contributed by atoms with Crippen molar-refractivity contribution in [2.24, 2.45) is 0 Å². The quantitative estimate of drug-likeness (QED) is 0.853. The maximum absolute atomic E-state index is 3.71. The van der Waals surface area contributed by atoms with E-state index >= 15 is 0 Å². The van der Waals surface area contributed by atoms with Gasteiger partial charge in [-0.25, -0.2) is 0 Å². The van der Waals surface area contributed by atoms with E-state index in [1.165, 1.54) is 64.5 Å². The molecular formula is C17H31N3. The fourth-order valence-electron chi connectivity index (χ4n) is 5.74. The van der Waals surface area contributed by atoms with Crippen molar-refractivity contribution in [3.05, 3.63) is 0 Å². The molecular weight excluding hydrogens is 246 g/mol. The summed E-state index contributed by atoms with van der Waals surface area (Å²) in [5, 5.41) is 3.71. The van der Waals surface area contributed by atoms with Crippen LogP contribution >= 0.6 is 0 Å². The molecule has 4 aliphatic rings. The molecule has 4 aliphatic heterocycles. The van der Waals surface area contributed by atoms with E-state index in [1.807, 2.05) is 0 Å². The average Bonchev–Trinajstić information content (AvgIpc) is 3.01. The van der Waals surface area contributed by atoms with Crippen molar-refractivity contribution in [1.82, 2.24) is 15.1 Å². The van der Waals surface area contributed by atoms with Crippen LogP contribution in [0.3, 0.4) is 0 Å². The number of hydrogen-bond acceptors (Lipinski definition) is 3. The van der Waals surface area contributed by atoms with Crippen LogP contribution in [0, 0.1) is 0 Å². The molecule has 20 heavy (non-hydrogen) atoms. The lowest BCUT2D eigenvalue weighted by Crippen LogP contribution is -2.56. The summed E-state index contributed by atoms with van der Waals surface area (Å²) in [7, 11) is 0. The largest absolute Gasteiger partial charge is 0.314 e. The summed E-state index contributed by atoms with van der Waals surface area (Å²) in [6, 6.07) is 4.45. The van der Waals surface area contributed by atoms with Crippen LogP contribution in [0.5, 0.6) is 0 Å². The van der Waals surface area contributed by atoms with Gasteiger partial charge >= 0.3 is 0 Å². The van der Waals surface area contributed by atoms with Crippen molar-refractivity contribution in [1.29, 1.82) is 0 Å². The molecule has 3 heteroatoms. The molecule has 1 N–H and O–H groups in total. The Morgan fingerprint density at radius 2 is 1.60 bits per heavy atom. The molecule has 0 aromatic heterocycles. The van der Waals surface area contributed by atoms with Crippen LogP contribution in [0.25, 0.3) is 0 Å². The third-order valence-electron chi connectivity index (χ3n) is 6.50. The van der Waals surface area contributed by atoms with Crippen LogP contribution < -0.4 is 5.32 Å². The second kappa shape index (κ2) is 5.58. The van der Waals surface area contributed by atoms with Gasteiger partial charge in [-0.3, -0.25) is 4.90 Å². The first-order valence-corrected chi connectivity index (χ1v) is 9.10. The highest BCUT2D eigenvalue weighted by Gasteiger charge is 2.45. The summed E-state index contributed by atoms with van der Waals surface area (Å²) in [6.45, 7) is 6.16. The predicted molar refractivity (Wildman–Crippen MR) is 83.0 cm³/mol. The number of hydrogen-bond donors (Lipinski definition) is 1. The Morgan fingerprint density at radius 3 is 2.35 bits per heavy atom. The smallest absolute Gasteiger partial charge is 0.0128 e. The van der Waals surface area contributed by atoms with Crippen LogP contribution in [-0.4, -0.2) is 59.6 Å². The SMILES string of the molecule is CCNC1CC2CCC(C1)N2C1CCN2CCCC2C1. The van der Waals surface area contributed by atoms with E-state index in [-0.39, 0.29) is 0 Å². The monoisotopic (exact) mass is 277 g/mol. The molecule has 4 fully saturated rings. The van der Waals surface area contributed by atoms with E-state index in [0.29, 0.717) is 0 Å². The minimum atomic E-state index is 0.806. The van der Waals surface area contributed by atoms with E-state index in [2.05, 4.69) is 22.0 Å². The first kappa shape index (κ1) is 13.5. The van der Waals surface area contributed by atoms with Gasteiger partial charge in [-0.05, 0) is 71.0 Å². The molecule has 2 bridgehead atoms. The Balaban J connectivity index is 1.42. The lowest BCUT2D eigenvalue weighted by molar-refractivity contribution is 0.0230.